The smallest absolute Gasteiger partial charge is 0.101 e. The van der Waals surface area contributed by atoms with Crippen LogP contribution in [0.4, 0.5) is 0 Å². The summed E-state index contributed by atoms with van der Waals surface area (Å²) >= 11 is 0. The second-order valence-electron chi connectivity index (χ2n) is 13.9. The van der Waals surface area contributed by atoms with Gasteiger partial charge in [-0.25, -0.2) is 0 Å². The van der Waals surface area contributed by atoms with Crippen LogP contribution in [0, 0.1) is 0 Å². The molecule has 0 radical (unpaired) electrons. The molecular formula is C40H80N2. The summed E-state index contributed by atoms with van der Waals surface area (Å²) in [6, 6.07) is 0. The second kappa shape index (κ2) is 31.8. The van der Waals surface area contributed by atoms with Gasteiger partial charge in [0.2, 0.25) is 0 Å². The summed E-state index contributed by atoms with van der Waals surface area (Å²) in [5.74, 6) is 0. The van der Waals surface area contributed by atoms with Crippen LogP contribution in [0.5, 0.6) is 0 Å². The summed E-state index contributed by atoms with van der Waals surface area (Å²) in [6.45, 7) is 9.46. The summed E-state index contributed by atoms with van der Waals surface area (Å²) in [6.07, 6.45) is 51.5. The van der Waals surface area contributed by atoms with Gasteiger partial charge in [-0.2, -0.15) is 0 Å². The molecule has 0 bridgehead atoms. The lowest BCUT2D eigenvalue weighted by Crippen LogP contribution is -2.39. The van der Waals surface area contributed by atoms with E-state index < -0.39 is 0 Å². The minimum Gasteiger partial charge on any atom is -0.356 e. The Hall–Kier alpha value is -0.660. The van der Waals surface area contributed by atoms with Crippen molar-refractivity contribution in [3.63, 3.8) is 0 Å². The molecule has 0 aromatic heterocycles. The number of unbranched alkanes of at least 4 members (excludes halogenated alkanes) is 28. The van der Waals surface area contributed by atoms with Gasteiger partial charge in [0.1, 0.15) is 6.17 Å². The summed E-state index contributed by atoms with van der Waals surface area (Å²) in [7, 11) is 0. The molecule has 250 valence electrons. The molecule has 1 unspecified atom stereocenters. The fourth-order valence-corrected chi connectivity index (χ4v) is 6.87. The molecule has 42 heavy (non-hydrogen) atoms. The van der Waals surface area contributed by atoms with Crippen molar-refractivity contribution >= 4 is 0 Å². The molecule has 0 aromatic carbocycles. The molecule has 1 heterocycles. The van der Waals surface area contributed by atoms with Crippen molar-refractivity contribution < 1.29 is 0 Å². The van der Waals surface area contributed by atoms with Crippen molar-refractivity contribution in [2.75, 3.05) is 13.1 Å². The average molecular weight is 589 g/mol. The molecule has 2 heteroatoms. The second-order valence-corrected chi connectivity index (χ2v) is 13.9. The van der Waals surface area contributed by atoms with E-state index in [1.54, 1.807) is 0 Å². The topological polar surface area (TPSA) is 6.48 Å². The lowest BCUT2D eigenvalue weighted by molar-refractivity contribution is 0.136. The van der Waals surface area contributed by atoms with Gasteiger partial charge in [0.05, 0.1) is 0 Å². The van der Waals surface area contributed by atoms with Gasteiger partial charge in [0, 0.05) is 25.5 Å². The van der Waals surface area contributed by atoms with Crippen LogP contribution in [0.25, 0.3) is 0 Å². The number of hydrogen-bond donors (Lipinski definition) is 0. The Morgan fingerprint density at radius 1 is 0.310 bits per heavy atom. The quantitative estimate of drug-likeness (QED) is 0.0690. The summed E-state index contributed by atoms with van der Waals surface area (Å²) in [5.41, 5.74) is 0. The molecule has 0 amide bonds. The summed E-state index contributed by atoms with van der Waals surface area (Å²) in [5, 5.41) is 0. The lowest BCUT2D eigenvalue weighted by Gasteiger charge is -2.33. The first-order valence-corrected chi connectivity index (χ1v) is 20.0. The van der Waals surface area contributed by atoms with Crippen LogP contribution in [-0.4, -0.2) is 29.1 Å². The van der Waals surface area contributed by atoms with E-state index in [1.165, 1.54) is 219 Å². The highest BCUT2D eigenvalue weighted by Crippen LogP contribution is 2.24. The monoisotopic (exact) mass is 589 g/mol. The van der Waals surface area contributed by atoms with Crippen molar-refractivity contribution in [2.45, 2.75) is 232 Å². The van der Waals surface area contributed by atoms with Crippen molar-refractivity contribution in [3.05, 3.63) is 12.4 Å². The van der Waals surface area contributed by atoms with Gasteiger partial charge in [-0.05, 0) is 25.7 Å². The van der Waals surface area contributed by atoms with Gasteiger partial charge in [0.25, 0.3) is 0 Å². The van der Waals surface area contributed by atoms with E-state index in [1.807, 2.05) is 0 Å². The van der Waals surface area contributed by atoms with Crippen LogP contribution in [0.1, 0.15) is 226 Å². The Balaban J connectivity index is 2.01. The van der Waals surface area contributed by atoms with Gasteiger partial charge in [-0.3, -0.25) is 0 Å². The maximum atomic E-state index is 2.69. The van der Waals surface area contributed by atoms with Gasteiger partial charge in [0.15, 0.2) is 0 Å². The van der Waals surface area contributed by atoms with Crippen molar-refractivity contribution in [1.82, 2.24) is 9.80 Å². The zero-order chi connectivity index (χ0) is 30.2. The van der Waals surface area contributed by atoms with Crippen LogP contribution in [0.15, 0.2) is 12.4 Å². The largest absolute Gasteiger partial charge is 0.356 e. The highest BCUT2D eigenvalue weighted by molar-refractivity contribution is 4.96. The molecule has 1 atom stereocenters. The average Bonchev–Trinajstić information content (AvgIpc) is 3.39. The van der Waals surface area contributed by atoms with Gasteiger partial charge in [-0.15, -0.1) is 0 Å². The van der Waals surface area contributed by atoms with E-state index in [4.69, 9.17) is 0 Å². The molecule has 1 rings (SSSR count). The molecule has 0 fully saturated rings. The van der Waals surface area contributed by atoms with Crippen LogP contribution < -0.4 is 0 Å². The minimum absolute atomic E-state index is 0.639. The van der Waals surface area contributed by atoms with E-state index in [0.29, 0.717) is 6.17 Å². The third-order valence-corrected chi connectivity index (χ3v) is 9.82. The molecular weight excluding hydrogens is 508 g/mol. The molecule has 1 aliphatic rings. The Morgan fingerprint density at radius 2 is 0.571 bits per heavy atom. The molecule has 0 aliphatic carbocycles. The predicted octanol–water partition coefficient (Wildman–Crippen LogP) is 13.9. The van der Waals surface area contributed by atoms with Crippen molar-refractivity contribution in [1.29, 1.82) is 0 Å². The van der Waals surface area contributed by atoms with E-state index in [9.17, 15) is 0 Å². The van der Waals surface area contributed by atoms with E-state index in [-0.39, 0.29) is 0 Å². The van der Waals surface area contributed by atoms with Crippen molar-refractivity contribution in [3.8, 4) is 0 Å². The fraction of sp³-hybridized carbons (Fsp3) is 0.950. The Bertz CT molecular complexity index is 544. The van der Waals surface area contributed by atoms with Gasteiger partial charge < -0.3 is 9.80 Å². The zero-order valence-corrected chi connectivity index (χ0v) is 29.7. The maximum Gasteiger partial charge on any atom is 0.101 e. The fourth-order valence-electron chi connectivity index (χ4n) is 6.87. The van der Waals surface area contributed by atoms with E-state index in [0.717, 1.165) is 0 Å². The first-order chi connectivity index (χ1) is 20.8. The number of nitrogens with zero attached hydrogens (tertiary/aromatic N) is 2. The third-order valence-electron chi connectivity index (χ3n) is 9.82. The Kier molecular flexibility index (Phi) is 29.8. The minimum atomic E-state index is 0.639. The highest BCUT2D eigenvalue weighted by atomic mass is 15.4. The summed E-state index contributed by atoms with van der Waals surface area (Å²) in [4.78, 5) is 5.36. The van der Waals surface area contributed by atoms with E-state index >= 15 is 0 Å². The molecule has 0 aromatic rings. The van der Waals surface area contributed by atoms with Crippen molar-refractivity contribution in [2.24, 2.45) is 0 Å². The highest BCUT2D eigenvalue weighted by Gasteiger charge is 2.24. The van der Waals surface area contributed by atoms with Crippen LogP contribution >= 0.6 is 0 Å². The Morgan fingerprint density at radius 3 is 0.905 bits per heavy atom. The predicted molar refractivity (Wildman–Crippen MR) is 191 cm³/mol. The summed E-state index contributed by atoms with van der Waals surface area (Å²) < 4.78 is 0. The molecule has 0 N–H and O–H groups in total. The third kappa shape index (κ3) is 23.8. The molecule has 0 saturated heterocycles. The first kappa shape index (κ1) is 39.4. The SMILES string of the molecule is CCCCCCCCCCCCCCCCCCCC1N(CCCC)C=CN1CCCCCCCCCCCCCC. The lowest BCUT2D eigenvalue weighted by atomic mass is 10.0. The zero-order valence-electron chi connectivity index (χ0n) is 29.7. The number of rotatable bonds is 34. The first-order valence-electron chi connectivity index (χ1n) is 20.0. The molecule has 1 aliphatic heterocycles. The molecule has 0 spiro atoms. The van der Waals surface area contributed by atoms with Gasteiger partial charge >= 0.3 is 0 Å². The normalized spacial score (nSPS) is 15.0. The molecule has 0 saturated carbocycles. The van der Waals surface area contributed by atoms with Gasteiger partial charge in [-0.1, -0.05) is 201 Å². The van der Waals surface area contributed by atoms with Crippen LogP contribution in [-0.2, 0) is 0 Å². The Labute approximate surface area is 267 Å². The molecule has 2 nitrogen and oxygen atoms in total. The van der Waals surface area contributed by atoms with Crippen LogP contribution in [0.2, 0.25) is 0 Å². The van der Waals surface area contributed by atoms with E-state index in [2.05, 4.69) is 43.0 Å². The number of hydrogen-bond acceptors (Lipinski definition) is 2. The maximum absolute atomic E-state index is 2.69. The van der Waals surface area contributed by atoms with Crippen LogP contribution in [0.3, 0.4) is 0 Å². The standard InChI is InChI=1S/C40H80N2/c1-4-7-10-12-14-16-18-20-21-22-23-24-25-27-29-31-33-35-40-41(36-9-6-3)38-39-42(40)37-34-32-30-28-26-19-17-15-13-11-8-5-2/h38-40H,4-37H2,1-3H3.